The molecule has 4 aromatic rings. The number of fused-ring (bicyclic) bond motifs is 1. The Morgan fingerprint density at radius 3 is 2.79 bits per heavy atom. The number of amides is 1. The summed E-state index contributed by atoms with van der Waals surface area (Å²) in [6, 6.07) is 8.93. The summed E-state index contributed by atoms with van der Waals surface area (Å²) in [5.74, 6) is 0.0536. The predicted molar refractivity (Wildman–Crippen MR) is 109 cm³/mol. The van der Waals surface area contributed by atoms with Crippen molar-refractivity contribution in [1.29, 1.82) is 0 Å². The van der Waals surface area contributed by atoms with E-state index < -0.39 is 11.2 Å². The lowest BCUT2D eigenvalue weighted by Crippen LogP contribution is -2.32. The first-order chi connectivity index (χ1) is 13.4. The number of benzene rings is 1. The fourth-order valence-electron chi connectivity index (χ4n) is 2.81. The number of thiophene rings is 1. The fraction of sp³-hybridized carbons (Fsp3) is 0.111. The average molecular weight is 416 g/mol. The van der Waals surface area contributed by atoms with Crippen LogP contribution in [0.2, 0.25) is 5.02 Å². The fourth-order valence-corrected chi connectivity index (χ4v) is 3.88. The van der Waals surface area contributed by atoms with Crippen molar-refractivity contribution >= 4 is 44.9 Å². The number of rotatable bonds is 4. The molecule has 0 spiro atoms. The maximum Gasteiger partial charge on any atom is 0.329 e. The largest absolute Gasteiger partial charge is 0.329 e. The summed E-state index contributed by atoms with van der Waals surface area (Å²) in [5, 5.41) is 12.3. The summed E-state index contributed by atoms with van der Waals surface area (Å²) in [4.78, 5) is 39.5. The highest BCUT2D eigenvalue weighted by molar-refractivity contribution is 7.16. The molecule has 0 unspecified atom stereocenters. The van der Waals surface area contributed by atoms with Crippen molar-refractivity contribution in [3.63, 3.8) is 0 Å². The Bertz CT molecular complexity index is 1300. The van der Waals surface area contributed by atoms with E-state index in [0.29, 0.717) is 26.6 Å². The number of carbonyl (C=O) groups is 1. The molecule has 3 N–H and O–H groups in total. The van der Waals surface area contributed by atoms with Crippen LogP contribution in [-0.4, -0.2) is 25.7 Å². The normalized spacial score (nSPS) is 11.1. The molecule has 10 heteroatoms. The van der Waals surface area contributed by atoms with Gasteiger partial charge < -0.3 is 5.32 Å². The smallest absolute Gasteiger partial charge is 0.309 e. The minimum Gasteiger partial charge on any atom is -0.309 e. The highest BCUT2D eigenvalue weighted by atomic mass is 35.5. The molecule has 8 nitrogen and oxygen atoms in total. The van der Waals surface area contributed by atoms with Crippen LogP contribution < -0.4 is 16.6 Å². The highest BCUT2D eigenvalue weighted by Crippen LogP contribution is 2.23. The van der Waals surface area contributed by atoms with Gasteiger partial charge in [-0.15, -0.1) is 11.3 Å². The number of carbonyl (C=O) groups excluding carboxylic acids is 1. The van der Waals surface area contributed by atoms with Gasteiger partial charge in [-0.25, -0.2) is 4.79 Å². The number of H-pyrrole nitrogens is 2. The number of nitrogens with zero attached hydrogens (tertiary/aromatic N) is 2. The topological polar surface area (TPSA) is 113 Å². The number of hydrogen-bond donors (Lipinski definition) is 3. The first-order valence-corrected chi connectivity index (χ1v) is 9.48. The van der Waals surface area contributed by atoms with E-state index in [1.165, 1.54) is 18.4 Å². The standard InChI is InChI=1S/C18H14ClN5O3S/c1-24-17(26)15-10(8-28-16(15)21-18(24)27)6-14(25)20-13-7-12(22-23-13)9-2-4-11(19)5-3-9/h2-5,7-8H,6H2,1H3,(H,21,27)(H2,20,22,23,25). The van der Waals surface area contributed by atoms with Gasteiger partial charge in [-0.1, -0.05) is 23.7 Å². The molecule has 0 aliphatic rings. The Hall–Kier alpha value is -3.17. The van der Waals surface area contributed by atoms with Gasteiger partial charge in [0, 0.05) is 18.1 Å². The van der Waals surface area contributed by atoms with Gasteiger partial charge in [0.15, 0.2) is 5.82 Å². The molecule has 1 amide bonds. The van der Waals surface area contributed by atoms with Crippen LogP contribution in [0.1, 0.15) is 5.56 Å². The van der Waals surface area contributed by atoms with E-state index in [1.807, 2.05) is 12.1 Å². The molecule has 0 aliphatic heterocycles. The van der Waals surface area contributed by atoms with Crippen LogP contribution in [0.4, 0.5) is 5.82 Å². The van der Waals surface area contributed by atoms with Crippen molar-refractivity contribution in [3.05, 3.63) is 67.1 Å². The molecule has 142 valence electrons. The second-order valence-corrected chi connectivity index (χ2v) is 7.47. The Labute approximate surface area is 166 Å². The minimum atomic E-state index is -0.485. The van der Waals surface area contributed by atoms with Crippen molar-refractivity contribution in [2.45, 2.75) is 6.42 Å². The zero-order chi connectivity index (χ0) is 19.8. The maximum atomic E-state index is 12.4. The summed E-state index contributed by atoms with van der Waals surface area (Å²) in [6.07, 6.45) is -0.00950. The molecule has 0 atom stereocenters. The Morgan fingerprint density at radius 1 is 1.29 bits per heavy atom. The number of aromatic amines is 2. The summed E-state index contributed by atoms with van der Waals surface area (Å²) in [6.45, 7) is 0. The van der Waals surface area contributed by atoms with E-state index in [4.69, 9.17) is 11.6 Å². The van der Waals surface area contributed by atoms with Gasteiger partial charge in [-0.3, -0.25) is 24.2 Å². The van der Waals surface area contributed by atoms with Gasteiger partial charge in [0.2, 0.25) is 5.91 Å². The summed E-state index contributed by atoms with van der Waals surface area (Å²) >= 11 is 7.11. The number of anilines is 1. The lowest BCUT2D eigenvalue weighted by atomic mass is 10.1. The van der Waals surface area contributed by atoms with Crippen molar-refractivity contribution in [3.8, 4) is 11.3 Å². The molecular formula is C18H14ClN5O3S. The third-order valence-corrected chi connectivity index (χ3v) is 5.46. The molecule has 28 heavy (non-hydrogen) atoms. The predicted octanol–water partition coefficient (Wildman–Crippen LogP) is 2.51. The van der Waals surface area contributed by atoms with Crippen LogP contribution in [0, 0.1) is 0 Å². The van der Waals surface area contributed by atoms with Crippen LogP contribution in [0.3, 0.4) is 0 Å². The van der Waals surface area contributed by atoms with Crippen LogP contribution in [0.25, 0.3) is 21.5 Å². The van der Waals surface area contributed by atoms with Crippen LogP contribution >= 0.6 is 22.9 Å². The third kappa shape index (κ3) is 3.37. The minimum absolute atomic E-state index is 0.00950. The molecule has 0 bridgehead atoms. The summed E-state index contributed by atoms with van der Waals surface area (Å²) < 4.78 is 0.989. The van der Waals surface area contributed by atoms with Gasteiger partial charge >= 0.3 is 5.69 Å². The second kappa shape index (κ2) is 7.10. The summed E-state index contributed by atoms with van der Waals surface area (Å²) in [5.41, 5.74) is 1.27. The van der Waals surface area contributed by atoms with Crippen molar-refractivity contribution in [1.82, 2.24) is 19.7 Å². The van der Waals surface area contributed by atoms with E-state index >= 15 is 0 Å². The molecule has 0 aliphatic carbocycles. The number of halogens is 1. The Morgan fingerprint density at radius 2 is 2.04 bits per heavy atom. The van der Waals surface area contributed by atoms with Crippen LogP contribution in [0.15, 0.2) is 45.3 Å². The van der Waals surface area contributed by atoms with E-state index in [0.717, 1.165) is 15.8 Å². The average Bonchev–Trinajstić information content (AvgIpc) is 3.28. The first kappa shape index (κ1) is 18.2. The molecule has 0 saturated carbocycles. The second-order valence-electron chi connectivity index (χ2n) is 6.16. The van der Waals surface area contributed by atoms with Crippen LogP contribution in [0.5, 0.6) is 0 Å². The van der Waals surface area contributed by atoms with Gasteiger partial charge in [0.05, 0.1) is 17.5 Å². The SMILES string of the molecule is Cn1c(=O)[nH]c2scc(CC(=O)Nc3cc(-c4ccc(Cl)cc4)[nH]n3)c2c1=O. The molecular weight excluding hydrogens is 402 g/mol. The molecule has 4 rings (SSSR count). The zero-order valence-electron chi connectivity index (χ0n) is 14.6. The monoisotopic (exact) mass is 415 g/mol. The molecule has 3 heterocycles. The van der Waals surface area contributed by atoms with Gasteiger partial charge in [0.25, 0.3) is 5.56 Å². The van der Waals surface area contributed by atoms with E-state index in [9.17, 15) is 14.4 Å². The van der Waals surface area contributed by atoms with Crippen molar-refractivity contribution in [2.75, 3.05) is 5.32 Å². The lowest BCUT2D eigenvalue weighted by Gasteiger charge is -2.02. The first-order valence-electron chi connectivity index (χ1n) is 8.23. The quantitative estimate of drug-likeness (QED) is 0.475. The van der Waals surface area contributed by atoms with E-state index in [2.05, 4.69) is 20.5 Å². The van der Waals surface area contributed by atoms with Crippen molar-refractivity contribution < 1.29 is 4.79 Å². The van der Waals surface area contributed by atoms with E-state index in [-0.39, 0.29) is 12.3 Å². The molecule has 0 fully saturated rings. The van der Waals surface area contributed by atoms with Crippen molar-refractivity contribution in [2.24, 2.45) is 7.05 Å². The third-order valence-electron chi connectivity index (χ3n) is 4.26. The molecule has 1 aromatic carbocycles. The molecule has 3 aromatic heterocycles. The van der Waals surface area contributed by atoms with Gasteiger partial charge in [0.1, 0.15) is 4.83 Å². The maximum absolute atomic E-state index is 12.4. The van der Waals surface area contributed by atoms with Crippen LogP contribution in [-0.2, 0) is 18.3 Å². The van der Waals surface area contributed by atoms with E-state index in [1.54, 1.807) is 23.6 Å². The number of aromatic nitrogens is 4. The van der Waals surface area contributed by atoms with Gasteiger partial charge in [-0.2, -0.15) is 5.10 Å². The number of hydrogen-bond acceptors (Lipinski definition) is 5. The highest BCUT2D eigenvalue weighted by Gasteiger charge is 2.15. The Balaban J connectivity index is 1.53. The molecule has 0 radical (unpaired) electrons. The lowest BCUT2D eigenvalue weighted by molar-refractivity contribution is -0.115. The Kier molecular flexibility index (Phi) is 4.62. The molecule has 0 saturated heterocycles. The summed E-state index contributed by atoms with van der Waals surface area (Å²) in [7, 11) is 1.39. The van der Waals surface area contributed by atoms with Gasteiger partial charge in [-0.05, 0) is 28.6 Å². The zero-order valence-corrected chi connectivity index (χ0v) is 16.1. The number of nitrogens with one attached hydrogen (secondary N) is 3.